The molecule has 12 heavy (non-hydrogen) atoms. The second-order valence-electron chi connectivity index (χ2n) is 3.96. The van der Waals surface area contributed by atoms with Gasteiger partial charge in [-0.05, 0) is 45.1 Å². The maximum atomic E-state index is 9.96. The summed E-state index contributed by atoms with van der Waals surface area (Å²) in [6.45, 7) is 2.06. The Morgan fingerprint density at radius 1 is 1.58 bits per heavy atom. The van der Waals surface area contributed by atoms with Crippen molar-refractivity contribution in [1.29, 1.82) is 0 Å². The van der Waals surface area contributed by atoms with Crippen LogP contribution in [0.5, 0.6) is 0 Å². The van der Waals surface area contributed by atoms with Gasteiger partial charge in [-0.3, -0.25) is 0 Å². The molecule has 1 aliphatic carbocycles. The molecule has 0 bridgehead atoms. The summed E-state index contributed by atoms with van der Waals surface area (Å²) in [6.07, 6.45) is 7.37. The quantitative estimate of drug-likeness (QED) is 0.648. The summed E-state index contributed by atoms with van der Waals surface area (Å²) in [6, 6.07) is 0. The zero-order chi connectivity index (χ0) is 8.60. The molecule has 0 aromatic rings. The van der Waals surface area contributed by atoms with Crippen molar-refractivity contribution in [2.75, 3.05) is 0 Å². The predicted octanol–water partition coefficient (Wildman–Crippen LogP) is 1.98. The van der Waals surface area contributed by atoms with Crippen molar-refractivity contribution in [3.8, 4) is 0 Å². The summed E-state index contributed by atoms with van der Waals surface area (Å²) < 4.78 is 5.60. The fraction of sp³-hybridized carbons (Fsp3) is 0.800. The maximum Gasteiger partial charge on any atom is 0.124 e. The number of hydrogen-bond acceptors (Lipinski definition) is 2. The molecule has 2 heteroatoms. The molecule has 0 spiro atoms. The molecule has 1 aliphatic heterocycles. The zero-order valence-electron chi connectivity index (χ0n) is 7.55. The summed E-state index contributed by atoms with van der Waals surface area (Å²) in [5.41, 5.74) is -0.589. The SMILES string of the molecule is CC1CCC=C(C2(O)CCC2)O1. The Labute approximate surface area is 73.2 Å². The van der Waals surface area contributed by atoms with Gasteiger partial charge in [-0.15, -0.1) is 0 Å². The molecule has 1 fully saturated rings. The number of hydrogen-bond donors (Lipinski definition) is 1. The van der Waals surface area contributed by atoms with Crippen LogP contribution in [0.2, 0.25) is 0 Å². The van der Waals surface area contributed by atoms with E-state index < -0.39 is 5.60 Å². The van der Waals surface area contributed by atoms with Gasteiger partial charge in [0.15, 0.2) is 0 Å². The van der Waals surface area contributed by atoms with Crippen LogP contribution in [0.15, 0.2) is 11.8 Å². The normalized spacial score (nSPS) is 33.2. The van der Waals surface area contributed by atoms with E-state index in [1.807, 2.05) is 0 Å². The molecule has 1 unspecified atom stereocenters. The highest BCUT2D eigenvalue weighted by atomic mass is 16.5. The number of aliphatic hydroxyl groups is 1. The molecule has 1 atom stereocenters. The average molecular weight is 168 g/mol. The van der Waals surface area contributed by atoms with Crippen LogP contribution in [0.3, 0.4) is 0 Å². The molecule has 2 rings (SSSR count). The third-order valence-electron chi connectivity index (χ3n) is 2.87. The van der Waals surface area contributed by atoms with Gasteiger partial charge in [-0.2, -0.15) is 0 Å². The first-order chi connectivity index (χ1) is 5.71. The highest BCUT2D eigenvalue weighted by molar-refractivity contribution is 5.16. The van der Waals surface area contributed by atoms with Gasteiger partial charge in [-0.1, -0.05) is 0 Å². The Bertz CT molecular complexity index is 204. The second-order valence-corrected chi connectivity index (χ2v) is 3.96. The van der Waals surface area contributed by atoms with E-state index in [0.29, 0.717) is 0 Å². The van der Waals surface area contributed by atoms with Crippen LogP contribution < -0.4 is 0 Å². The largest absolute Gasteiger partial charge is 0.492 e. The number of ether oxygens (including phenoxy) is 1. The third kappa shape index (κ3) is 1.24. The molecule has 0 aromatic heterocycles. The van der Waals surface area contributed by atoms with Gasteiger partial charge < -0.3 is 9.84 Å². The topological polar surface area (TPSA) is 29.5 Å². The van der Waals surface area contributed by atoms with Crippen molar-refractivity contribution in [3.05, 3.63) is 11.8 Å². The van der Waals surface area contributed by atoms with Crippen LogP contribution in [0, 0.1) is 0 Å². The van der Waals surface area contributed by atoms with Gasteiger partial charge in [0.05, 0.1) is 6.10 Å². The maximum absolute atomic E-state index is 9.96. The minimum Gasteiger partial charge on any atom is -0.492 e. The highest BCUT2D eigenvalue weighted by Gasteiger charge is 2.40. The molecule has 1 heterocycles. The predicted molar refractivity (Wildman–Crippen MR) is 46.7 cm³/mol. The van der Waals surface area contributed by atoms with Crippen molar-refractivity contribution >= 4 is 0 Å². The standard InChI is InChI=1S/C10H16O2/c1-8-4-2-5-9(12-8)10(11)6-3-7-10/h5,8,11H,2-4,6-7H2,1H3. The van der Waals surface area contributed by atoms with E-state index in [0.717, 1.165) is 37.9 Å². The molecule has 0 radical (unpaired) electrons. The monoisotopic (exact) mass is 168 g/mol. The molecule has 2 nitrogen and oxygen atoms in total. The lowest BCUT2D eigenvalue weighted by atomic mass is 9.78. The van der Waals surface area contributed by atoms with Gasteiger partial charge in [0.25, 0.3) is 0 Å². The summed E-state index contributed by atoms with van der Waals surface area (Å²) in [4.78, 5) is 0. The third-order valence-corrected chi connectivity index (χ3v) is 2.87. The summed E-state index contributed by atoms with van der Waals surface area (Å²) in [5, 5.41) is 9.96. The van der Waals surface area contributed by atoms with E-state index in [2.05, 4.69) is 13.0 Å². The lowest BCUT2D eigenvalue weighted by molar-refractivity contribution is -0.0664. The van der Waals surface area contributed by atoms with Crippen molar-refractivity contribution in [1.82, 2.24) is 0 Å². The Morgan fingerprint density at radius 3 is 2.83 bits per heavy atom. The zero-order valence-corrected chi connectivity index (χ0v) is 7.55. The molecule has 1 saturated carbocycles. The second kappa shape index (κ2) is 2.77. The fourth-order valence-corrected chi connectivity index (χ4v) is 1.83. The summed E-state index contributed by atoms with van der Waals surface area (Å²) >= 11 is 0. The lowest BCUT2D eigenvalue weighted by Gasteiger charge is -2.40. The van der Waals surface area contributed by atoms with Crippen LogP contribution >= 0.6 is 0 Å². The molecule has 1 N–H and O–H groups in total. The van der Waals surface area contributed by atoms with E-state index in [-0.39, 0.29) is 6.10 Å². The first-order valence-electron chi connectivity index (χ1n) is 4.80. The van der Waals surface area contributed by atoms with Crippen LogP contribution in [0.25, 0.3) is 0 Å². The van der Waals surface area contributed by atoms with Crippen LogP contribution in [-0.2, 0) is 4.74 Å². The van der Waals surface area contributed by atoms with Gasteiger partial charge in [0, 0.05) is 0 Å². The minimum atomic E-state index is -0.589. The molecule has 0 aromatic carbocycles. The minimum absolute atomic E-state index is 0.287. The van der Waals surface area contributed by atoms with E-state index in [1.165, 1.54) is 0 Å². The van der Waals surface area contributed by atoms with Crippen molar-refractivity contribution in [3.63, 3.8) is 0 Å². The van der Waals surface area contributed by atoms with Crippen LogP contribution in [-0.4, -0.2) is 16.8 Å². The van der Waals surface area contributed by atoms with Crippen molar-refractivity contribution < 1.29 is 9.84 Å². The van der Waals surface area contributed by atoms with Gasteiger partial charge in [-0.25, -0.2) is 0 Å². The van der Waals surface area contributed by atoms with Crippen LogP contribution in [0.4, 0.5) is 0 Å². The molecule has 68 valence electrons. The fourth-order valence-electron chi connectivity index (χ4n) is 1.83. The van der Waals surface area contributed by atoms with E-state index in [9.17, 15) is 5.11 Å². The van der Waals surface area contributed by atoms with Gasteiger partial charge in [0.1, 0.15) is 11.4 Å². The molecule has 0 amide bonds. The Morgan fingerprint density at radius 2 is 2.33 bits per heavy atom. The van der Waals surface area contributed by atoms with E-state index >= 15 is 0 Å². The Hall–Kier alpha value is -0.500. The first-order valence-corrected chi connectivity index (χ1v) is 4.80. The van der Waals surface area contributed by atoms with Gasteiger partial charge in [0.2, 0.25) is 0 Å². The molecular weight excluding hydrogens is 152 g/mol. The molecule has 0 saturated heterocycles. The van der Waals surface area contributed by atoms with E-state index in [4.69, 9.17) is 4.74 Å². The highest BCUT2D eigenvalue weighted by Crippen LogP contribution is 2.40. The molecular formula is C10H16O2. The lowest BCUT2D eigenvalue weighted by Crippen LogP contribution is -2.41. The summed E-state index contributed by atoms with van der Waals surface area (Å²) in [7, 11) is 0. The van der Waals surface area contributed by atoms with Gasteiger partial charge >= 0.3 is 0 Å². The average Bonchev–Trinajstić information content (AvgIpc) is 2.00. The number of allylic oxidation sites excluding steroid dienone is 1. The molecule has 2 aliphatic rings. The Balaban J connectivity index is 2.07. The van der Waals surface area contributed by atoms with Crippen molar-refractivity contribution in [2.24, 2.45) is 0 Å². The summed E-state index contributed by atoms with van der Waals surface area (Å²) in [5.74, 6) is 0.840. The number of rotatable bonds is 1. The Kier molecular flexibility index (Phi) is 1.87. The smallest absolute Gasteiger partial charge is 0.124 e. The van der Waals surface area contributed by atoms with Crippen molar-refractivity contribution in [2.45, 2.75) is 50.7 Å². The van der Waals surface area contributed by atoms with E-state index in [1.54, 1.807) is 0 Å². The van der Waals surface area contributed by atoms with Crippen LogP contribution in [0.1, 0.15) is 39.0 Å². The first kappa shape index (κ1) is 8.11.